The molecule has 2 N–H and O–H groups in total. The fourth-order valence-electron chi connectivity index (χ4n) is 1.15. The van der Waals surface area contributed by atoms with Gasteiger partial charge in [-0.25, -0.2) is 0 Å². The average Bonchev–Trinajstić information content (AvgIpc) is 2.68. The molecule has 2 rings (SSSR count). The summed E-state index contributed by atoms with van der Waals surface area (Å²) in [6.07, 6.45) is 3.74. The summed E-state index contributed by atoms with van der Waals surface area (Å²) in [4.78, 5) is 0. The summed E-state index contributed by atoms with van der Waals surface area (Å²) < 4.78 is 5.08. The molecule has 3 nitrogen and oxygen atoms in total. The molecule has 12 heavy (non-hydrogen) atoms. The maximum absolute atomic E-state index is 5.39. The molecule has 4 heteroatoms. The zero-order valence-corrected chi connectivity index (χ0v) is 7.64. The van der Waals surface area contributed by atoms with E-state index >= 15 is 0 Å². The Morgan fingerprint density at radius 3 is 2.83 bits per heavy atom. The molecular weight excluding hydrogens is 176 g/mol. The molecule has 0 unspecified atom stereocenters. The van der Waals surface area contributed by atoms with E-state index in [1.807, 2.05) is 6.07 Å². The number of hydrogen-bond donors (Lipinski definition) is 1. The number of nitrogens with two attached hydrogens (primary N) is 1. The molecule has 0 atom stereocenters. The highest BCUT2D eigenvalue weighted by Gasteiger charge is 2.23. The summed E-state index contributed by atoms with van der Waals surface area (Å²) in [5.74, 6) is 1.85. The standard InChI is InChI=1S/C8H12N2O.ClH/c9-5-7-4-8(11-10-7)3-6-1-2-6;/h4,6H,1-3,5,9H2;1H. The SMILES string of the molecule is Cl.NCc1cc(CC2CC2)on1. The van der Waals surface area contributed by atoms with Gasteiger partial charge in [0.25, 0.3) is 0 Å². The second kappa shape index (κ2) is 3.92. The summed E-state index contributed by atoms with van der Waals surface area (Å²) in [7, 11) is 0. The monoisotopic (exact) mass is 188 g/mol. The van der Waals surface area contributed by atoms with Crippen LogP contribution in [0.3, 0.4) is 0 Å². The Morgan fingerprint density at radius 2 is 2.33 bits per heavy atom. The van der Waals surface area contributed by atoms with E-state index in [0.29, 0.717) is 6.54 Å². The molecular formula is C8H13ClN2O. The van der Waals surface area contributed by atoms with E-state index in [0.717, 1.165) is 23.8 Å². The lowest BCUT2D eigenvalue weighted by atomic mass is 10.2. The van der Waals surface area contributed by atoms with Crippen LogP contribution in [0.25, 0.3) is 0 Å². The predicted octanol–water partition coefficient (Wildman–Crippen LogP) is 1.51. The zero-order valence-electron chi connectivity index (χ0n) is 6.82. The minimum Gasteiger partial charge on any atom is -0.361 e. The minimum atomic E-state index is 0. The van der Waals surface area contributed by atoms with E-state index in [1.165, 1.54) is 12.8 Å². The molecule has 1 fully saturated rings. The first-order valence-corrected chi connectivity index (χ1v) is 4.03. The Hall–Kier alpha value is -0.540. The molecule has 0 aliphatic heterocycles. The van der Waals surface area contributed by atoms with Crippen molar-refractivity contribution in [3.05, 3.63) is 17.5 Å². The maximum Gasteiger partial charge on any atom is 0.137 e. The van der Waals surface area contributed by atoms with Crippen LogP contribution in [0.4, 0.5) is 0 Å². The van der Waals surface area contributed by atoms with Crippen molar-refractivity contribution in [3.8, 4) is 0 Å². The third-order valence-corrected chi connectivity index (χ3v) is 2.00. The summed E-state index contributed by atoms with van der Waals surface area (Å²) in [6, 6.07) is 1.96. The van der Waals surface area contributed by atoms with Gasteiger partial charge in [-0.05, 0) is 18.8 Å². The van der Waals surface area contributed by atoms with E-state index < -0.39 is 0 Å². The number of rotatable bonds is 3. The lowest BCUT2D eigenvalue weighted by molar-refractivity contribution is 0.372. The summed E-state index contributed by atoms with van der Waals surface area (Å²) in [5, 5.41) is 3.82. The number of nitrogens with zero attached hydrogens (tertiary/aromatic N) is 1. The van der Waals surface area contributed by atoms with Gasteiger partial charge in [0, 0.05) is 19.0 Å². The Labute approximate surface area is 77.7 Å². The van der Waals surface area contributed by atoms with Crippen molar-refractivity contribution >= 4 is 12.4 Å². The average molecular weight is 189 g/mol. The first kappa shape index (κ1) is 9.55. The molecule has 0 bridgehead atoms. The highest BCUT2D eigenvalue weighted by molar-refractivity contribution is 5.85. The Bertz CT molecular complexity index is 245. The molecule has 0 amide bonds. The molecule has 0 aromatic carbocycles. The Morgan fingerprint density at radius 1 is 1.58 bits per heavy atom. The van der Waals surface area contributed by atoms with E-state index in [-0.39, 0.29) is 12.4 Å². The van der Waals surface area contributed by atoms with Crippen LogP contribution in [-0.4, -0.2) is 5.16 Å². The van der Waals surface area contributed by atoms with Crippen LogP contribution in [-0.2, 0) is 13.0 Å². The molecule has 68 valence electrons. The predicted molar refractivity (Wildman–Crippen MR) is 48.1 cm³/mol. The van der Waals surface area contributed by atoms with Crippen molar-refractivity contribution < 1.29 is 4.52 Å². The van der Waals surface area contributed by atoms with Gasteiger partial charge in [0.1, 0.15) is 5.76 Å². The third kappa shape index (κ3) is 2.22. The highest BCUT2D eigenvalue weighted by Crippen LogP contribution is 2.32. The lowest BCUT2D eigenvalue weighted by Gasteiger charge is -1.86. The molecule has 1 heterocycles. The van der Waals surface area contributed by atoms with E-state index in [4.69, 9.17) is 10.3 Å². The van der Waals surface area contributed by atoms with Crippen LogP contribution in [0.2, 0.25) is 0 Å². The second-order valence-electron chi connectivity index (χ2n) is 3.14. The van der Waals surface area contributed by atoms with Gasteiger partial charge in [-0.1, -0.05) is 5.16 Å². The summed E-state index contributed by atoms with van der Waals surface area (Å²) in [6.45, 7) is 0.480. The molecule has 0 saturated heterocycles. The van der Waals surface area contributed by atoms with Gasteiger partial charge in [0.15, 0.2) is 0 Å². The first-order chi connectivity index (χ1) is 5.38. The van der Waals surface area contributed by atoms with Crippen molar-refractivity contribution in [1.29, 1.82) is 0 Å². The van der Waals surface area contributed by atoms with Crippen LogP contribution in [0.1, 0.15) is 24.3 Å². The largest absolute Gasteiger partial charge is 0.361 e. The van der Waals surface area contributed by atoms with Crippen LogP contribution < -0.4 is 5.73 Å². The fraction of sp³-hybridized carbons (Fsp3) is 0.625. The number of aromatic nitrogens is 1. The van der Waals surface area contributed by atoms with Crippen molar-refractivity contribution in [2.45, 2.75) is 25.8 Å². The topological polar surface area (TPSA) is 52.0 Å². The summed E-state index contributed by atoms with van der Waals surface area (Å²) in [5.41, 5.74) is 6.25. The van der Waals surface area contributed by atoms with Crippen LogP contribution >= 0.6 is 12.4 Å². The van der Waals surface area contributed by atoms with E-state index in [9.17, 15) is 0 Å². The Balaban J connectivity index is 0.000000720. The maximum atomic E-state index is 5.39. The molecule has 1 aliphatic carbocycles. The lowest BCUT2D eigenvalue weighted by Crippen LogP contribution is -1.95. The van der Waals surface area contributed by atoms with E-state index in [2.05, 4.69) is 5.16 Å². The fourth-order valence-corrected chi connectivity index (χ4v) is 1.15. The van der Waals surface area contributed by atoms with Crippen LogP contribution in [0.15, 0.2) is 10.6 Å². The van der Waals surface area contributed by atoms with Gasteiger partial charge in [-0.3, -0.25) is 0 Å². The first-order valence-electron chi connectivity index (χ1n) is 4.03. The molecule has 1 aromatic rings. The number of halogens is 1. The van der Waals surface area contributed by atoms with E-state index in [1.54, 1.807) is 0 Å². The molecule has 1 aliphatic rings. The normalized spacial score (nSPS) is 15.8. The molecule has 1 saturated carbocycles. The van der Waals surface area contributed by atoms with Crippen molar-refractivity contribution in [2.24, 2.45) is 11.7 Å². The molecule has 1 aromatic heterocycles. The van der Waals surface area contributed by atoms with Gasteiger partial charge < -0.3 is 10.3 Å². The van der Waals surface area contributed by atoms with Crippen molar-refractivity contribution in [3.63, 3.8) is 0 Å². The van der Waals surface area contributed by atoms with Crippen LogP contribution in [0, 0.1) is 5.92 Å². The van der Waals surface area contributed by atoms with Gasteiger partial charge >= 0.3 is 0 Å². The summed E-state index contributed by atoms with van der Waals surface area (Å²) >= 11 is 0. The molecule has 0 spiro atoms. The Kier molecular flexibility index (Phi) is 3.12. The smallest absolute Gasteiger partial charge is 0.137 e. The minimum absolute atomic E-state index is 0. The quantitative estimate of drug-likeness (QED) is 0.783. The third-order valence-electron chi connectivity index (χ3n) is 2.00. The van der Waals surface area contributed by atoms with Gasteiger partial charge in [0.2, 0.25) is 0 Å². The highest BCUT2D eigenvalue weighted by atomic mass is 35.5. The zero-order chi connectivity index (χ0) is 7.68. The van der Waals surface area contributed by atoms with Crippen LogP contribution in [0.5, 0.6) is 0 Å². The van der Waals surface area contributed by atoms with Gasteiger partial charge in [-0.15, -0.1) is 12.4 Å². The van der Waals surface area contributed by atoms with Gasteiger partial charge in [-0.2, -0.15) is 0 Å². The van der Waals surface area contributed by atoms with Crippen molar-refractivity contribution in [2.75, 3.05) is 0 Å². The second-order valence-corrected chi connectivity index (χ2v) is 3.14. The number of hydrogen-bond acceptors (Lipinski definition) is 3. The molecule has 0 radical (unpaired) electrons. The van der Waals surface area contributed by atoms with Crippen molar-refractivity contribution in [1.82, 2.24) is 5.16 Å². The van der Waals surface area contributed by atoms with Gasteiger partial charge in [0.05, 0.1) is 5.69 Å².